The lowest BCUT2D eigenvalue weighted by atomic mass is 10.1. The summed E-state index contributed by atoms with van der Waals surface area (Å²) < 4.78 is 5.10. The molecule has 0 radical (unpaired) electrons. The topological polar surface area (TPSA) is 76.1 Å². The Morgan fingerprint density at radius 1 is 1.17 bits per heavy atom. The number of aromatic nitrogens is 4. The lowest BCUT2D eigenvalue weighted by Gasteiger charge is -2.24. The Balaban J connectivity index is 1.47. The van der Waals surface area contributed by atoms with Crippen molar-refractivity contribution in [1.82, 2.24) is 24.8 Å². The molecule has 0 unspecified atom stereocenters. The summed E-state index contributed by atoms with van der Waals surface area (Å²) in [5.74, 6) is 0.826. The summed E-state index contributed by atoms with van der Waals surface area (Å²) in [5, 5.41) is 4.35. The Morgan fingerprint density at radius 3 is 2.73 bits per heavy atom. The highest BCUT2D eigenvalue weighted by atomic mass is 32.1. The van der Waals surface area contributed by atoms with E-state index >= 15 is 0 Å². The zero-order valence-corrected chi connectivity index (χ0v) is 18.6. The van der Waals surface area contributed by atoms with E-state index in [0.29, 0.717) is 12.6 Å². The van der Waals surface area contributed by atoms with Gasteiger partial charge in [-0.25, -0.2) is 15.0 Å². The molecule has 30 heavy (non-hydrogen) atoms. The van der Waals surface area contributed by atoms with Crippen LogP contribution in [0.25, 0.3) is 0 Å². The van der Waals surface area contributed by atoms with Crippen LogP contribution in [0.3, 0.4) is 0 Å². The van der Waals surface area contributed by atoms with Crippen LogP contribution in [0, 0.1) is 13.8 Å². The average Bonchev–Trinajstić information content (AvgIpc) is 3.36. The smallest absolute Gasteiger partial charge is 0.187 e. The van der Waals surface area contributed by atoms with Gasteiger partial charge < -0.3 is 10.1 Å². The molecule has 1 saturated heterocycles. The van der Waals surface area contributed by atoms with Crippen LogP contribution in [0.15, 0.2) is 30.7 Å². The van der Waals surface area contributed by atoms with Crippen LogP contribution >= 0.6 is 11.3 Å². The van der Waals surface area contributed by atoms with Gasteiger partial charge in [0, 0.05) is 60.5 Å². The van der Waals surface area contributed by atoms with E-state index in [1.54, 1.807) is 18.4 Å². The third-order valence-corrected chi connectivity index (χ3v) is 6.05. The number of methoxy groups -OCH3 is 1. The molecule has 8 heteroatoms. The summed E-state index contributed by atoms with van der Waals surface area (Å²) >= 11 is 1.66. The number of hydrogen-bond donors (Lipinski definition) is 1. The summed E-state index contributed by atoms with van der Waals surface area (Å²) in [6.45, 7) is 6.65. The van der Waals surface area contributed by atoms with Crippen molar-refractivity contribution >= 4 is 22.2 Å². The molecule has 0 saturated carbocycles. The van der Waals surface area contributed by atoms with Crippen molar-refractivity contribution in [2.24, 2.45) is 0 Å². The van der Waals surface area contributed by atoms with Gasteiger partial charge in [-0.3, -0.25) is 9.88 Å². The van der Waals surface area contributed by atoms with E-state index < -0.39 is 0 Å². The first-order valence-electron chi connectivity index (χ1n) is 10.3. The number of ether oxygens (including phenoxy) is 1. The summed E-state index contributed by atoms with van der Waals surface area (Å²) in [7, 11) is 1.69. The Labute approximate surface area is 181 Å². The second-order valence-corrected chi connectivity index (χ2v) is 8.94. The Morgan fingerprint density at radius 2 is 2.00 bits per heavy atom. The number of likely N-dealkylation sites (tertiary alicyclic amines) is 1. The molecule has 0 aliphatic carbocycles. The molecule has 4 rings (SSSR count). The van der Waals surface area contributed by atoms with Gasteiger partial charge in [-0.2, -0.15) is 0 Å². The van der Waals surface area contributed by atoms with Crippen molar-refractivity contribution in [2.75, 3.05) is 25.6 Å². The first-order chi connectivity index (χ1) is 14.6. The highest BCUT2D eigenvalue weighted by Crippen LogP contribution is 2.34. The van der Waals surface area contributed by atoms with Gasteiger partial charge in [-0.15, -0.1) is 11.3 Å². The zero-order valence-electron chi connectivity index (χ0n) is 17.8. The van der Waals surface area contributed by atoms with Crippen LogP contribution in [-0.4, -0.2) is 45.1 Å². The summed E-state index contributed by atoms with van der Waals surface area (Å²) in [6, 6.07) is 4.54. The molecule has 1 atom stereocenters. The van der Waals surface area contributed by atoms with E-state index in [1.165, 1.54) is 11.3 Å². The molecule has 3 aromatic rings. The first-order valence-corrected chi connectivity index (χ1v) is 11.1. The van der Waals surface area contributed by atoms with E-state index in [0.717, 1.165) is 59.5 Å². The van der Waals surface area contributed by atoms with Gasteiger partial charge in [-0.1, -0.05) is 0 Å². The van der Waals surface area contributed by atoms with E-state index in [1.807, 2.05) is 25.5 Å². The highest BCUT2D eigenvalue weighted by Gasteiger charge is 2.27. The molecule has 3 aromatic heterocycles. The highest BCUT2D eigenvalue weighted by molar-refractivity contribution is 7.15. The summed E-state index contributed by atoms with van der Waals surface area (Å²) in [4.78, 5) is 21.9. The van der Waals surface area contributed by atoms with Crippen LogP contribution in [0.5, 0.6) is 0 Å². The maximum Gasteiger partial charge on any atom is 0.187 e. The normalized spacial score (nSPS) is 16.8. The minimum atomic E-state index is 0.302. The molecule has 1 aliphatic rings. The number of aryl methyl sites for hydroxylation is 2. The minimum Gasteiger partial charge on any atom is -0.384 e. The van der Waals surface area contributed by atoms with Gasteiger partial charge in [0.15, 0.2) is 5.13 Å². The summed E-state index contributed by atoms with van der Waals surface area (Å²) in [5.41, 5.74) is 4.30. The van der Waals surface area contributed by atoms with Gasteiger partial charge in [-0.05, 0) is 45.4 Å². The lowest BCUT2D eigenvalue weighted by molar-refractivity contribution is 0.200. The van der Waals surface area contributed by atoms with Gasteiger partial charge >= 0.3 is 0 Å². The number of thiazole rings is 1. The number of pyridine rings is 1. The van der Waals surface area contributed by atoms with Crippen LogP contribution in [0.2, 0.25) is 0 Å². The molecule has 7 nitrogen and oxygen atoms in total. The number of hydrogen-bond acceptors (Lipinski definition) is 8. The summed E-state index contributed by atoms with van der Waals surface area (Å²) in [6.07, 6.45) is 8.79. The average molecular weight is 425 g/mol. The predicted molar refractivity (Wildman–Crippen MR) is 119 cm³/mol. The van der Waals surface area contributed by atoms with Crippen molar-refractivity contribution in [3.05, 3.63) is 58.4 Å². The first kappa shape index (κ1) is 20.8. The fourth-order valence-electron chi connectivity index (χ4n) is 3.84. The fourth-order valence-corrected chi connectivity index (χ4v) is 4.53. The Hall–Kier alpha value is -2.42. The zero-order chi connectivity index (χ0) is 20.9. The third-order valence-electron chi connectivity index (χ3n) is 5.23. The minimum absolute atomic E-state index is 0.302. The molecule has 1 N–H and O–H groups in total. The van der Waals surface area contributed by atoms with Crippen molar-refractivity contribution in [1.29, 1.82) is 0 Å². The van der Waals surface area contributed by atoms with E-state index in [4.69, 9.17) is 9.72 Å². The van der Waals surface area contributed by atoms with Gasteiger partial charge in [0.1, 0.15) is 5.82 Å². The molecule has 1 fully saturated rings. The van der Waals surface area contributed by atoms with Gasteiger partial charge in [0.25, 0.3) is 0 Å². The van der Waals surface area contributed by atoms with E-state index in [9.17, 15) is 0 Å². The fraction of sp³-hybridized carbons (Fsp3) is 0.455. The lowest BCUT2D eigenvalue weighted by Crippen LogP contribution is -2.24. The van der Waals surface area contributed by atoms with Crippen molar-refractivity contribution < 1.29 is 4.74 Å². The quantitative estimate of drug-likeness (QED) is 0.580. The molecule has 4 heterocycles. The SMILES string of the molecule is COCCc1ncc(CN2CCC[C@H]2c2cc(Nc3ncc(C)s3)cc(C)n2)cn1. The van der Waals surface area contributed by atoms with Crippen molar-refractivity contribution in [3.8, 4) is 0 Å². The molecule has 0 bridgehead atoms. The van der Waals surface area contributed by atoms with Crippen molar-refractivity contribution in [2.45, 2.75) is 45.7 Å². The van der Waals surface area contributed by atoms with Crippen LogP contribution in [0.1, 0.15) is 46.5 Å². The van der Waals surface area contributed by atoms with E-state index in [-0.39, 0.29) is 0 Å². The molecular weight excluding hydrogens is 396 g/mol. The largest absolute Gasteiger partial charge is 0.384 e. The second-order valence-electron chi connectivity index (χ2n) is 7.70. The van der Waals surface area contributed by atoms with Gasteiger partial charge in [0.05, 0.1) is 18.3 Å². The maximum absolute atomic E-state index is 5.10. The Kier molecular flexibility index (Phi) is 6.66. The monoisotopic (exact) mass is 424 g/mol. The third kappa shape index (κ3) is 5.19. The van der Waals surface area contributed by atoms with Crippen molar-refractivity contribution in [3.63, 3.8) is 0 Å². The molecule has 1 aliphatic heterocycles. The number of anilines is 2. The molecule has 0 amide bonds. The molecule has 158 valence electrons. The molecule has 0 aromatic carbocycles. The van der Waals surface area contributed by atoms with Crippen LogP contribution in [0.4, 0.5) is 10.8 Å². The second kappa shape index (κ2) is 9.59. The van der Waals surface area contributed by atoms with E-state index in [2.05, 4.69) is 44.2 Å². The molecular formula is C22H28N6OS. The number of nitrogens with one attached hydrogen (secondary N) is 1. The van der Waals surface area contributed by atoms with Crippen LogP contribution < -0.4 is 5.32 Å². The standard InChI is InChI=1S/C22H28N6OS/c1-15-9-18(27-22-25-11-16(2)30-22)10-19(26-15)20-5-4-7-28(20)14-17-12-23-21(24-13-17)6-8-29-3/h9-13,20H,4-8,14H2,1-3H3,(H,25,26,27)/t20-/m0/s1. The predicted octanol–water partition coefficient (Wildman–Crippen LogP) is 4.21. The molecule has 0 spiro atoms. The number of nitrogens with zero attached hydrogens (tertiary/aromatic N) is 5. The Bertz CT molecular complexity index is 974. The van der Waals surface area contributed by atoms with Gasteiger partial charge in [0.2, 0.25) is 0 Å². The van der Waals surface area contributed by atoms with Crippen LogP contribution in [-0.2, 0) is 17.7 Å². The number of rotatable bonds is 8. The maximum atomic E-state index is 5.10.